The lowest BCUT2D eigenvalue weighted by Crippen LogP contribution is -2.70. The largest absolute Gasteiger partial charge is 0.459 e. The molecule has 4 aromatic rings. The number of benzene rings is 4. The fourth-order valence-electron chi connectivity index (χ4n) is 11.4. The van der Waals surface area contributed by atoms with Crippen molar-refractivity contribution in [2.45, 2.75) is 147 Å². The van der Waals surface area contributed by atoms with Gasteiger partial charge in [-0.1, -0.05) is 143 Å². The highest BCUT2D eigenvalue weighted by atomic mass is 16.7. The highest BCUT2D eigenvalue weighted by Crippen LogP contribution is 2.62. The van der Waals surface area contributed by atoms with Gasteiger partial charge in [-0.2, -0.15) is 0 Å². The van der Waals surface area contributed by atoms with E-state index in [4.69, 9.17) is 28.9 Å². The summed E-state index contributed by atoms with van der Waals surface area (Å²) in [6.45, 7) is 9.27. The Morgan fingerprint density at radius 1 is 0.861 bits per heavy atom. The molecule has 13 heteroatoms. The Kier molecular flexibility index (Phi) is 20.5. The van der Waals surface area contributed by atoms with Crippen LogP contribution in [0.3, 0.4) is 0 Å². The van der Waals surface area contributed by atoms with E-state index in [9.17, 15) is 20.3 Å². The normalized spacial score (nSPS) is 21.5. The molecular weight excluding hydrogens is 911 g/mol. The van der Waals surface area contributed by atoms with Gasteiger partial charge in [-0.05, 0) is 97.0 Å². The van der Waals surface area contributed by atoms with Crippen molar-refractivity contribution in [2.75, 3.05) is 33.0 Å². The molecule has 0 spiro atoms. The minimum absolute atomic E-state index is 0.0201. The Bertz CT molecular complexity index is 2450. The molecule has 0 bridgehead atoms. The molecule has 72 heavy (non-hydrogen) atoms. The summed E-state index contributed by atoms with van der Waals surface area (Å²) in [6.07, 6.45) is 19.7. The number of non-ortho nitro benzene ring substituents is 1. The molecule has 1 heterocycles. The van der Waals surface area contributed by atoms with Crippen LogP contribution < -0.4 is 9.47 Å². The second-order valence-electron chi connectivity index (χ2n) is 19.6. The van der Waals surface area contributed by atoms with Crippen molar-refractivity contribution in [1.82, 2.24) is 4.90 Å². The van der Waals surface area contributed by atoms with Crippen LogP contribution in [-0.2, 0) is 20.9 Å². The number of carbonyl (C=O) groups is 1. The van der Waals surface area contributed by atoms with E-state index in [2.05, 4.69) is 43.8 Å². The molecule has 6 atom stereocenters. The molecule has 13 nitrogen and oxygen atoms in total. The number of nitrogens with zero attached hydrogens (tertiary/aromatic N) is 3. The summed E-state index contributed by atoms with van der Waals surface area (Å²) in [5.74, 6) is -0.992. The first-order valence-corrected chi connectivity index (χ1v) is 26.8. The van der Waals surface area contributed by atoms with Crippen LogP contribution in [-0.4, -0.2) is 76.7 Å². The van der Waals surface area contributed by atoms with Gasteiger partial charge in [-0.15, -0.1) is 6.58 Å². The second kappa shape index (κ2) is 27.3. The summed E-state index contributed by atoms with van der Waals surface area (Å²) >= 11 is 0. The second-order valence-corrected chi connectivity index (χ2v) is 19.6. The van der Waals surface area contributed by atoms with Crippen molar-refractivity contribution in [3.63, 3.8) is 0 Å². The number of nitro groups is 1. The van der Waals surface area contributed by atoms with E-state index in [-0.39, 0.29) is 62.8 Å². The zero-order chi connectivity index (χ0) is 50.7. The minimum Gasteiger partial charge on any atom is -0.459 e. The highest BCUT2D eigenvalue weighted by molar-refractivity contribution is 6.03. The Balaban J connectivity index is 1.35. The Labute approximate surface area is 426 Å². The molecule has 388 valence electrons. The number of carbonyl (C=O) groups excluding carboxylic acids is 1. The fourth-order valence-corrected chi connectivity index (χ4v) is 11.4. The van der Waals surface area contributed by atoms with Crippen LogP contribution in [0, 0.1) is 27.9 Å². The van der Waals surface area contributed by atoms with Crippen LogP contribution in [0.15, 0.2) is 114 Å². The number of aliphatic hydroxyl groups excluding tert-OH is 2. The van der Waals surface area contributed by atoms with E-state index in [0.717, 1.165) is 72.4 Å². The third kappa shape index (κ3) is 13.3. The number of fused-ring (bicyclic) bond motifs is 3. The standard InChI is InChI=1S/C59H77N3O10/c1-4-7-8-9-10-11-12-13-14-21-37-68-58(65)61(42-45-27-22-26-43-24-15-16-30-49(43)45)55-41-53(60-70-6-3)51-38-44(25-17-19-34-63)50(31-18-20-35-64)56-52-40-48(71-47-29-23-28-46(39-47)62(66)67)32-33-54(52)72-59(55,57(51)56)69-36-5-2/h5,15-16,22-24,26-30,32-33,38-40,44,50,55-57,63-64H,2,4,6-14,17-21,25,31,34-37,41-42H2,1,3H3/t44-,50+,55-,56+,57+,59+/m0/s1. The number of rotatable bonds is 30. The maximum atomic E-state index is 15.3. The van der Waals surface area contributed by atoms with E-state index in [0.29, 0.717) is 42.4 Å². The third-order valence-corrected chi connectivity index (χ3v) is 14.8. The average molecular weight is 988 g/mol. The molecular formula is C59H77N3O10. The highest BCUT2D eigenvalue weighted by Gasteiger charge is 2.65. The summed E-state index contributed by atoms with van der Waals surface area (Å²) in [5, 5.41) is 38.8. The van der Waals surface area contributed by atoms with Gasteiger partial charge < -0.3 is 34.0 Å². The van der Waals surface area contributed by atoms with Gasteiger partial charge in [0, 0.05) is 37.2 Å². The summed E-state index contributed by atoms with van der Waals surface area (Å²) in [5.41, 5.74) is 3.34. The molecule has 4 aromatic carbocycles. The predicted octanol–water partition coefficient (Wildman–Crippen LogP) is 13.8. The quantitative estimate of drug-likeness (QED) is 0.0222. The average Bonchev–Trinajstić information content (AvgIpc) is 3.39. The fraction of sp³-hybridized carbons (Fsp3) is 0.525. The molecule has 1 fully saturated rings. The smallest absolute Gasteiger partial charge is 0.410 e. The zero-order valence-corrected chi connectivity index (χ0v) is 42.6. The summed E-state index contributed by atoms with van der Waals surface area (Å²) in [6, 6.07) is 25.3. The number of allylic oxidation sites excluding steroid dienone is 1. The van der Waals surface area contributed by atoms with Gasteiger partial charge in [0.05, 0.1) is 42.4 Å². The Morgan fingerprint density at radius 3 is 2.31 bits per heavy atom. The molecule has 0 radical (unpaired) electrons. The summed E-state index contributed by atoms with van der Waals surface area (Å²) < 4.78 is 27.5. The first-order valence-electron chi connectivity index (χ1n) is 26.8. The lowest BCUT2D eigenvalue weighted by atomic mass is 9.55. The van der Waals surface area contributed by atoms with Crippen molar-refractivity contribution < 1.29 is 43.7 Å². The zero-order valence-electron chi connectivity index (χ0n) is 42.6. The summed E-state index contributed by atoms with van der Waals surface area (Å²) in [4.78, 5) is 34.3. The number of ether oxygens (including phenoxy) is 4. The predicted molar refractivity (Wildman–Crippen MR) is 282 cm³/mol. The number of nitro benzene ring substituents is 1. The number of oxime groups is 1. The number of amides is 1. The van der Waals surface area contributed by atoms with Crippen LogP contribution in [0.25, 0.3) is 10.8 Å². The summed E-state index contributed by atoms with van der Waals surface area (Å²) in [7, 11) is 0. The van der Waals surface area contributed by atoms with Crippen LogP contribution in [0.4, 0.5) is 10.5 Å². The van der Waals surface area contributed by atoms with Gasteiger partial charge in [-0.25, -0.2) is 4.79 Å². The lowest BCUT2D eigenvalue weighted by molar-refractivity contribution is -0.384. The van der Waals surface area contributed by atoms with Crippen molar-refractivity contribution in [3.8, 4) is 17.2 Å². The molecule has 0 saturated heterocycles. The maximum absolute atomic E-state index is 15.3. The van der Waals surface area contributed by atoms with E-state index < -0.39 is 28.8 Å². The first kappa shape index (κ1) is 54.0. The lowest BCUT2D eigenvalue weighted by Gasteiger charge is -2.59. The number of unbranched alkanes of at least 4 members (excludes halogenated alkanes) is 11. The molecule has 3 aliphatic rings. The van der Waals surface area contributed by atoms with Gasteiger partial charge in [0.15, 0.2) is 0 Å². The third-order valence-electron chi connectivity index (χ3n) is 14.8. The minimum atomic E-state index is -1.50. The maximum Gasteiger partial charge on any atom is 0.410 e. The van der Waals surface area contributed by atoms with E-state index >= 15 is 4.79 Å². The molecule has 2 aliphatic carbocycles. The molecule has 1 aliphatic heterocycles. The van der Waals surface area contributed by atoms with Crippen molar-refractivity contribution in [2.24, 2.45) is 22.9 Å². The number of aliphatic hydroxyl groups is 2. The monoisotopic (exact) mass is 988 g/mol. The van der Waals surface area contributed by atoms with Gasteiger partial charge in [0.1, 0.15) is 29.9 Å². The van der Waals surface area contributed by atoms with Crippen molar-refractivity contribution >= 4 is 28.3 Å². The van der Waals surface area contributed by atoms with Gasteiger partial charge in [-0.3, -0.25) is 15.0 Å². The molecule has 0 aromatic heterocycles. The number of hydrogen-bond acceptors (Lipinski definition) is 11. The molecule has 1 saturated carbocycles. The van der Waals surface area contributed by atoms with Crippen LogP contribution in [0.1, 0.15) is 140 Å². The molecule has 2 N–H and O–H groups in total. The van der Waals surface area contributed by atoms with Crippen LogP contribution in [0.2, 0.25) is 0 Å². The van der Waals surface area contributed by atoms with Crippen LogP contribution in [0.5, 0.6) is 17.2 Å². The molecule has 7 rings (SSSR count). The van der Waals surface area contributed by atoms with Crippen molar-refractivity contribution in [3.05, 3.63) is 130 Å². The van der Waals surface area contributed by atoms with E-state index in [1.807, 2.05) is 37.3 Å². The first-order chi connectivity index (χ1) is 35.3. The van der Waals surface area contributed by atoms with Crippen LogP contribution >= 0.6 is 0 Å². The SMILES string of the molecule is C=CCO[C@@]12Oc3ccc(Oc4cccc([N+](=O)[O-])c4)cc3[C@H]3[C@H](CCCCO)[C@@H](CCCCO)C=C(C(=NOCC)C[C@@H]1N(Cc1cccc4ccccc14)C(=O)OCCCCCCCCCCCC)[C@H]32. The van der Waals surface area contributed by atoms with Gasteiger partial charge >= 0.3 is 6.09 Å². The topological polar surface area (TPSA) is 162 Å². The number of hydrogen-bond donors (Lipinski definition) is 2. The van der Waals surface area contributed by atoms with E-state index in [1.165, 1.54) is 57.1 Å². The van der Waals surface area contributed by atoms with Crippen molar-refractivity contribution in [1.29, 1.82) is 0 Å². The Hall–Kier alpha value is -5.76. The Morgan fingerprint density at radius 2 is 1.57 bits per heavy atom. The van der Waals surface area contributed by atoms with Gasteiger partial charge in [0.25, 0.3) is 5.69 Å². The van der Waals surface area contributed by atoms with E-state index in [1.54, 1.807) is 29.2 Å². The molecule has 0 unspecified atom stereocenters. The molecule has 1 amide bonds. The van der Waals surface area contributed by atoms with Gasteiger partial charge in [0.2, 0.25) is 5.79 Å².